The normalized spacial score (nSPS) is 10.3. The molecule has 0 spiro atoms. The number of carbonyl (C=O) groups is 1. The molecule has 2 aromatic rings. The van der Waals surface area contributed by atoms with Crippen LogP contribution in [0.2, 0.25) is 5.28 Å². The lowest BCUT2D eigenvalue weighted by Crippen LogP contribution is -1.94. The molecular weight excluding hydrogens is 216 g/mol. The summed E-state index contributed by atoms with van der Waals surface area (Å²) in [6.07, 6.45) is 0.648. The van der Waals surface area contributed by atoms with Gasteiger partial charge in [0.1, 0.15) is 11.4 Å². The van der Waals surface area contributed by atoms with E-state index in [0.29, 0.717) is 22.9 Å². The zero-order valence-corrected chi connectivity index (χ0v) is 8.65. The number of aromatic nitrogens is 2. The number of halogens is 1. The number of hydrogen-bond acceptors (Lipinski definition) is 4. The lowest BCUT2D eigenvalue weighted by atomic mass is 10.2. The second-order valence-electron chi connectivity index (χ2n) is 2.88. The SMILES string of the molecule is COc1ccc2nc(Cl)nc(C=O)c2c1. The van der Waals surface area contributed by atoms with Crippen LogP contribution in [-0.2, 0) is 0 Å². The van der Waals surface area contributed by atoms with Crippen LogP contribution in [0.4, 0.5) is 0 Å². The molecule has 1 aromatic heterocycles. The largest absolute Gasteiger partial charge is 0.497 e. The molecule has 0 saturated heterocycles. The second-order valence-corrected chi connectivity index (χ2v) is 3.22. The Morgan fingerprint density at radius 1 is 1.40 bits per heavy atom. The summed E-state index contributed by atoms with van der Waals surface area (Å²) in [4.78, 5) is 18.6. The van der Waals surface area contributed by atoms with Crippen LogP contribution in [0.15, 0.2) is 18.2 Å². The van der Waals surface area contributed by atoms with Crippen LogP contribution >= 0.6 is 11.6 Å². The van der Waals surface area contributed by atoms with Gasteiger partial charge in [0.2, 0.25) is 5.28 Å². The molecule has 4 nitrogen and oxygen atoms in total. The lowest BCUT2D eigenvalue weighted by Gasteiger charge is -2.03. The number of carbonyl (C=O) groups excluding carboxylic acids is 1. The number of methoxy groups -OCH3 is 1. The fourth-order valence-corrected chi connectivity index (χ4v) is 1.50. The number of benzene rings is 1. The highest BCUT2D eigenvalue weighted by Gasteiger charge is 2.06. The molecule has 0 N–H and O–H groups in total. The second kappa shape index (κ2) is 3.82. The van der Waals surface area contributed by atoms with Gasteiger partial charge in [-0.2, -0.15) is 0 Å². The molecule has 0 unspecified atom stereocenters. The number of aldehydes is 1. The molecule has 0 radical (unpaired) electrons. The summed E-state index contributed by atoms with van der Waals surface area (Å²) in [5.74, 6) is 0.650. The highest BCUT2D eigenvalue weighted by Crippen LogP contribution is 2.22. The maximum absolute atomic E-state index is 10.8. The van der Waals surface area contributed by atoms with Crippen molar-refractivity contribution in [2.75, 3.05) is 7.11 Å². The van der Waals surface area contributed by atoms with Gasteiger partial charge >= 0.3 is 0 Å². The number of ether oxygens (including phenoxy) is 1. The first-order chi connectivity index (χ1) is 7.24. The predicted molar refractivity (Wildman–Crippen MR) is 56.5 cm³/mol. The Balaban J connectivity index is 2.79. The van der Waals surface area contributed by atoms with Crippen molar-refractivity contribution in [1.29, 1.82) is 0 Å². The monoisotopic (exact) mass is 222 g/mol. The lowest BCUT2D eigenvalue weighted by molar-refractivity contribution is 0.112. The van der Waals surface area contributed by atoms with Gasteiger partial charge in [-0.05, 0) is 29.8 Å². The highest BCUT2D eigenvalue weighted by molar-refractivity contribution is 6.28. The van der Waals surface area contributed by atoms with E-state index < -0.39 is 0 Å². The van der Waals surface area contributed by atoms with Crippen LogP contribution < -0.4 is 4.74 Å². The van der Waals surface area contributed by atoms with E-state index in [1.54, 1.807) is 25.3 Å². The fourth-order valence-electron chi connectivity index (χ4n) is 1.32. The quantitative estimate of drug-likeness (QED) is 0.577. The molecule has 5 heteroatoms. The molecule has 15 heavy (non-hydrogen) atoms. The number of rotatable bonds is 2. The Morgan fingerprint density at radius 2 is 2.20 bits per heavy atom. The van der Waals surface area contributed by atoms with E-state index in [0.717, 1.165) is 0 Å². The predicted octanol–water partition coefficient (Wildman–Crippen LogP) is 2.10. The van der Waals surface area contributed by atoms with Gasteiger partial charge < -0.3 is 4.74 Å². The average Bonchev–Trinajstić information content (AvgIpc) is 2.27. The average molecular weight is 223 g/mol. The van der Waals surface area contributed by atoms with Gasteiger partial charge in [-0.15, -0.1) is 0 Å². The number of nitrogens with zero attached hydrogens (tertiary/aromatic N) is 2. The van der Waals surface area contributed by atoms with Crippen molar-refractivity contribution in [1.82, 2.24) is 9.97 Å². The van der Waals surface area contributed by atoms with E-state index in [-0.39, 0.29) is 11.0 Å². The fraction of sp³-hybridized carbons (Fsp3) is 0.100. The first-order valence-electron chi connectivity index (χ1n) is 4.21. The first-order valence-corrected chi connectivity index (χ1v) is 4.59. The minimum atomic E-state index is 0.0646. The zero-order valence-electron chi connectivity index (χ0n) is 7.90. The van der Waals surface area contributed by atoms with Crippen LogP contribution in [0.3, 0.4) is 0 Å². The summed E-state index contributed by atoms with van der Waals surface area (Å²) in [5.41, 5.74) is 0.891. The molecule has 76 valence electrons. The van der Waals surface area contributed by atoms with Crippen LogP contribution in [0.25, 0.3) is 10.9 Å². The van der Waals surface area contributed by atoms with E-state index >= 15 is 0 Å². The van der Waals surface area contributed by atoms with Crippen LogP contribution in [-0.4, -0.2) is 23.4 Å². The summed E-state index contributed by atoms with van der Waals surface area (Å²) in [6.45, 7) is 0. The van der Waals surface area contributed by atoms with Crippen molar-refractivity contribution in [2.45, 2.75) is 0 Å². The molecule has 0 fully saturated rings. The topological polar surface area (TPSA) is 52.1 Å². The van der Waals surface area contributed by atoms with E-state index in [4.69, 9.17) is 16.3 Å². The van der Waals surface area contributed by atoms with E-state index in [9.17, 15) is 4.79 Å². The van der Waals surface area contributed by atoms with Crippen LogP contribution in [0.5, 0.6) is 5.75 Å². The standard InChI is InChI=1S/C10H7ClN2O2/c1-15-6-2-3-8-7(4-6)9(5-14)13-10(11)12-8/h2-5H,1H3. The summed E-state index contributed by atoms with van der Waals surface area (Å²) in [6, 6.07) is 5.18. The Morgan fingerprint density at radius 3 is 2.87 bits per heavy atom. The zero-order chi connectivity index (χ0) is 10.8. The van der Waals surface area contributed by atoms with Crippen molar-refractivity contribution in [2.24, 2.45) is 0 Å². The van der Waals surface area contributed by atoms with Crippen molar-refractivity contribution in [3.8, 4) is 5.75 Å². The minimum absolute atomic E-state index is 0.0646. The molecule has 0 bridgehead atoms. The van der Waals surface area contributed by atoms with Crippen LogP contribution in [0.1, 0.15) is 10.5 Å². The molecule has 0 amide bonds. The summed E-state index contributed by atoms with van der Waals surface area (Å²) in [5, 5.41) is 0.698. The molecule has 0 aliphatic rings. The van der Waals surface area contributed by atoms with Crippen molar-refractivity contribution >= 4 is 28.8 Å². The highest BCUT2D eigenvalue weighted by atomic mass is 35.5. The maximum atomic E-state index is 10.8. The minimum Gasteiger partial charge on any atom is -0.497 e. The van der Waals surface area contributed by atoms with E-state index in [2.05, 4.69) is 9.97 Å². The van der Waals surface area contributed by atoms with Crippen LogP contribution in [0, 0.1) is 0 Å². The van der Waals surface area contributed by atoms with Gasteiger partial charge in [-0.1, -0.05) is 0 Å². The summed E-state index contributed by atoms with van der Waals surface area (Å²) < 4.78 is 5.05. The Hall–Kier alpha value is -1.68. The third kappa shape index (κ3) is 1.76. The molecule has 1 heterocycles. The van der Waals surface area contributed by atoms with E-state index in [1.807, 2.05) is 0 Å². The van der Waals surface area contributed by atoms with Gasteiger partial charge in [-0.25, -0.2) is 9.97 Å². The molecule has 2 rings (SSSR count). The smallest absolute Gasteiger partial charge is 0.223 e. The van der Waals surface area contributed by atoms with Crippen molar-refractivity contribution < 1.29 is 9.53 Å². The van der Waals surface area contributed by atoms with Gasteiger partial charge in [0.15, 0.2) is 6.29 Å². The molecule has 0 atom stereocenters. The van der Waals surface area contributed by atoms with Gasteiger partial charge in [-0.3, -0.25) is 4.79 Å². The molecule has 0 aliphatic carbocycles. The molecule has 0 saturated carbocycles. The van der Waals surface area contributed by atoms with Crippen molar-refractivity contribution in [3.63, 3.8) is 0 Å². The first kappa shape index (κ1) is 9.86. The maximum Gasteiger partial charge on any atom is 0.223 e. The van der Waals surface area contributed by atoms with Gasteiger partial charge in [0.25, 0.3) is 0 Å². The summed E-state index contributed by atoms with van der Waals surface area (Å²) >= 11 is 5.66. The van der Waals surface area contributed by atoms with Gasteiger partial charge in [0, 0.05) is 5.39 Å². The summed E-state index contributed by atoms with van der Waals surface area (Å²) in [7, 11) is 1.55. The molecule has 1 aromatic carbocycles. The molecular formula is C10H7ClN2O2. The Bertz CT molecular complexity index is 528. The Labute approximate surface area is 90.9 Å². The van der Waals surface area contributed by atoms with Gasteiger partial charge in [0.05, 0.1) is 12.6 Å². The van der Waals surface area contributed by atoms with E-state index in [1.165, 1.54) is 0 Å². The third-order valence-electron chi connectivity index (χ3n) is 2.02. The third-order valence-corrected chi connectivity index (χ3v) is 2.19. The number of hydrogen-bond donors (Lipinski definition) is 0. The van der Waals surface area contributed by atoms with Crippen molar-refractivity contribution in [3.05, 3.63) is 29.2 Å². The molecule has 0 aliphatic heterocycles. The number of fused-ring (bicyclic) bond motifs is 1. The Kier molecular flexibility index (Phi) is 2.51.